The van der Waals surface area contributed by atoms with Crippen LogP contribution in [0.3, 0.4) is 0 Å². The predicted octanol–water partition coefficient (Wildman–Crippen LogP) is 2.03. The third-order valence-electron chi connectivity index (χ3n) is 2.50. The highest BCUT2D eigenvalue weighted by atomic mass is 32.2. The Morgan fingerprint density at radius 3 is 2.50 bits per heavy atom. The Hall–Kier alpha value is -0.420. The van der Waals surface area contributed by atoms with Crippen LogP contribution in [0, 0.1) is 5.41 Å². The fourth-order valence-corrected chi connectivity index (χ4v) is 1.88. The highest BCUT2D eigenvalue weighted by Crippen LogP contribution is 2.32. The zero-order chi connectivity index (χ0) is 10.6. The number of carbonyl (C=O) groups is 1. The van der Waals surface area contributed by atoms with Gasteiger partial charge >= 0.3 is 6.09 Å². The van der Waals surface area contributed by atoms with Crippen LogP contribution in [0.5, 0.6) is 0 Å². The van der Waals surface area contributed by atoms with E-state index in [0.29, 0.717) is 5.41 Å². The molecule has 82 valence electrons. The molecule has 0 aromatic rings. The largest absolute Gasteiger partial charge is 0.420 e. The van der Waals surface area contributed by atoms with E-state index in [1.54, 1.807) is 7.05 Å². The van der Waals surface area contributed by atoms with Crippen molar-refractivity contribution in [3.05, 3.63) is 0 Å². The lowest BCUT2D eigenvalue weighted by molar-refractivity contribution is 0.189. The van der Waals surface area contributed by atoms with Crippen molar-refractivity contribution in [2.75, 3.05) is 20.1 Å². The van der Waals surface area contributed by atoms with Crippen LogP contribution in [0.2, 0.25) is 0 Å². The van der Waals surface area contributed by atoms with Crippen molar-refractivity contribution in [2.24, 2.45) is 5.41 Å². The van der Waals surface area contributed by atoms with Crippen LogP contribution in [0.15, 0.2) is 0 Å². The van der Waals surface area contributed by atoms with Gasteiger partial charge in [0.05, 0.1) is 0 Å². The van der Waals surface area contributed by atoms with Crippen LogP contribution < -0.4 is 5.32 Å². The summed E-state index contributed by atoms with van der Waals surface area (Å²) in [4.78, 5) is 10.8. The molecule has 0 atom stereocenters. The average molecular weight is 218 g/mol. The third-order valence-corrected chi connectivity index (χ3v) is 3.30. The molecular formula is C9H18N2O2S. The summed E-state index contributed by atoms with van der Waals surface area (Å²) in [5.74, 6) is 0. The first-order valence-corrected chi connectivity index (χ1v) is 5.55. The minimum absolute atomic E-state index is 0.389. The van der Waals surface area contributed by atoms with Gasteiger partial charge in [-0.25, -0.2) is 9.10 Å². The quantitative estimate of drug-likeness (QED) is 0.569. The summed E-state index contributed by atoms with van der Waals surface area (Å²) >= 11 is 1.15. The summed E-state index contributed by atoms with van der Waals surface area (Å²) < 4.78 is 6.98. The maximum Gasteiger partial charge on any atom is 0.420 e. The lowest BCUT2D eigenvalue weighted by Crippen LogP contribution is -2.33. The van der Waals surface area contributed by atoms with Crippen molar-refractivity contribution in [1.82, 2.24) is 9.62 Å². The summed E-state index contributed by atoms with van der Waals surface area (Å²) in [6.07, 6.45) is 1.91. The van der Waals surface area contributed by atoms with Crippen LogP contribution in [0.25, 0.3) is 0 Å². The number of hydrogen-bond acceptors (Lipinski definition) is 4. The zero-order valence-corrected chi connectivity index (χ0v) is 9.82. The van der Waals surface area contributed by atoms with E-state index in [2.05, 4.69) is 23.5 Å². The summed E-state index contributed by atoms with van der Waals surface area (Å²) in [5, 5.41) is 2.41. The summed E-state index contributed by atoms with van der Waals surface area (Å²) in [5.41, 5.74) is 0.435. The van der Waals surface area contributed by atoms with Gasteiger partial charge in [0, 0.05) is 20.1 Å². The molecule has 0 unspecified atom stereocenters. The molecule has 1 aliphatic rings. The van der Waals surface area contributed by atoms with E-state index in [-0.39, 0.29) is 6.09 Å². The molecule has 0 aliphatic carbocycles. The third kappa shape index (κ3) is 3.75. The Balaban J connectivity index is 2.19. The van der Waals surface area contributed by atoms with E-state index >= 15 is 0 Å². The maximum atomic E-state index is 10.8. The standard InChI is InChI=1S/C9H18N2O2S/c1-9(2)4-6-11(7-5-9)14-13-8(12)10-3/h4-7H2,1-3H3,(H,10,12). The fraction of sp³-hybridized carbons (Fsp3) is 0.889. The van der Waals surface area contributed by atoms with Crippen LogP contribution in [0.4, 0.5) is 4.79 Å². The van der Waals surface area contributed by atoms with Crippen molar-refractivity contribution < 1.29 is 8.98 Å². The van der Waals surface area contributed by atoms with Gasteiger partial charge in [0.15, 0.2) is 12.2 Å². The first kappa shape index (κ1) is 11.7. The van der Waals surface area contributed by atoms with E-state index in [1.165, 1.54) is 0 Å². The Bertz CT molecular complexity index is 199. The molecule has 4 nitrogen and oxygen atoms in total. The summed E-state index contributed by atoms with van der Waals surface area (Å²) in [7, 11) is 1.56. The molecule has 1 aliphatic heterocycles. The summed E-state index contributed by atoms with van der Waals surface area (Å²) in [6, 6.07) is 0. The molecule has 1 saturated heterocycles. The number of piperidine rings is 1. The molecular weight excluding hydrogens is 200 g/mol. The zero-order valence-electron chi connectivity index (χ0n) is 9.00. The van der Waals surface area contributed by atoms with Gasteiger partial charge in [-0.05, 0) is 18.3 Å². The SMILES string of the molecule is CNC(=O)OSN1CCC(C)(C)CC1. The Morgan fingerprint density at radius 1 is 1.43 bits per heavy atom. The molecule has 14 heavy (non-hydrogen) atoms. The molecule has 0 saturated carbocycles. The highest BCUT2D eigenvalue weighted by molar-refractivity contribution is 7.92. The van der Waals surface area contributed by atoms with Gasteiger partial charge in [-0.3, -0.25) is 0 Å². The van der Waals surface area contributed by atoms with Gasteiger partial charge in [0.1, 0.15) is 0 Å². The minimum Gasteiger partial charge on any atom is -0.358 e. The predicted molar refractivity (Wildman–Crippen MR) is 57.7 cm³/mol. The second-order valence-corrected chi connectivity index (χ2v) is 5.12. The van der Waals surface area contributed by atoms with Gasteiger partial charge < -0.3 is 9.50 Å². The summed E-state index contributed by atoms with van der Waals surface area (Å²) in [6.45, 7) is 6.51. The van der Waals surface area contributed by atoms with E-state index < -0.39 is 0 Å². The fourth-order valence-electron chi connectivity index (χ4n) is 1.29. The molecule has 0 radical (unpaired) electrons. The Labute approximate surface area is 89.7 Å². The first-order valence-electron chi connectivity index (χ1n) is 4.85. The highest BCUT2D eigenvalue weighted by Gasteiger charge is 2.26. The van der Waals surface area contributed by atoms with Gasteiger partial charge in [-0.1, -0.05) is 13.8 Å². The van der Waals surface area contributed by atoms with Gasteiger partial charge in [-0.15, -0.1) is 0 Å². The molecule has 5 heteroatoms. The second kappa shape index (κ2) is 4.89. The molecule has 0 aromatic heterocycles. The van der Waals surface area contributed by atoms with Gasteiger partial charge in [-0.2, -0.15) is 0 Å². The van der Waals surface area contributed by atoms with Crippen molar-refractivity contribution in [2.45, 2.75) is 26.7 Å². The molecule has 0 spiro atoms. The normalized spacial score (nSPS) is 21.6. The second-order valence-electron chi connectivity index (χ2n) is 4.29. The average Bonchev–Trinajstić information content (AvgIpc) is 2.16. The molecule has 1 N–H and O–H groups in total. The number of amides is 1. The number of carbonyl (C=O) groups excluding carboxylic acids is 1. The molecule has 1 heterocycles. The van der Waals surface area contributed by atoms with Crippen LogP contribution >= 0.6 is 12.2 Å². The molecule has 1 fully saturated rings. The number of hydrogen-bond donors (Lipinski definition) is 1. The van der Waals surface area contributed by atoms with Crippen LogP contribution in [-0.4, -0.2) is 30.5 Å². The smallest absolute Gasteiger partial charge is 0.358 e. The number of rotatable bonds is 2. The molecule has 1 rings (SSSR count). The monoisotopic (exact) mass is 218 g/mol. The van der Waals surface area contributed by atoms with Crippen molar-refractivity contribution in [3.8, 4) is 0 Å². The minimum atomic E-state index is -0.389. The first-order chi connectivity index (χ1) is 6.53. The number of nitrogens with one attached hydrogen (secondary N) is 1. The van der Waals surface area contributed by atoms with Crippen molar-refractivity contribution in [1.29, 1.82) is 0 Å². The molecule has 0 aromatic carbocycles. The topological polar surface area (TPSA) is 41.6 Å². The number of nitrogens with zero attached hydrogens (tertiary/aromatic N) is 1. The van der Waals surface area contributed by atoms with Crippen molar-refractivity contribution >= 4 is 18.3 Å². The lowest BCUT2D eigenvalue weighted by atomic mass is 9.83. The van der Waals surface area contributed by atoms with E-state index in [9.17, 15) is 4.79 Å². The van der Waals surface area contributed by atoms with Crippen LogP contribution in [0.1, 0.15) is 26.7 Å². The van der Waals surface area contributed by atoms with E-state index in [4.69, 9.17) is 4.18 Å². The van der Waals surface area contributed by atoms with Crippen molar-refractivity contribution in [3.63, 3.8) is 0 Å². The van der Waals surface area contributed by atoms with Gasteiger partial charge in [0.2, 0.25) is 0 Å². The van der Waals surface area contributed by atoms with Gasteiger partial charge in [0.25, 0.3) is 0 Å². The van der Waals surface area contributed by atoms with E-state index in [0.717, 1.165) is 38.2 Å². The van der Waals surface area contributed by atoms with Crippen LogP contribution in [-0.2, 0) is 4.18 Å². The molecule has 1 amide bonds. The van der Waals surface area contributed by atoms with E-state index in [1.807, 2.05) is 0 Å². The lowest BCUT2D eigenvalue weighted by Gasteiger charge is -2.34. The Morgan fingerprint density at radius 2 is 2.00 bits per heavy atom. The molecule has 0 bridgehead atoms. The maximum absolute atomic E-state index is 10.8. The Kier molecular flexibility index (Phi) is 4.07.